The van der Waals surface area contributed by atoms with E-state index in [1.807, 2.05) is 15.6 Å². The fraction of sp³-hybridized carbons (Fsp3) is 0.526. The summed E-state index contributed by atoms with van der Waals surface area (Å²) in [7, 11) is 0. The zero-order valence-corrected chi connectivity index (χ0v) is 15.9. The summed E-state index contributed by atoms with van der Waals surface area (Å²) in [5, 5.41) is 7.76. The van der Waals surface area contributed by atoms with Crippen molar-refractivity contribution in [1.82, 2.24) is 19.7 Å². The number of hydrogen-bond acceptors (Lipinski definition) is 4. The molecule has 1 atom stereocenters. The monoisotopic (exact) mass is 389 g/mol. The van der Waals surface area contributed by atoms with Gasteiger partial charge in [0.1, 0.15) is 18.4 Å². The second-order valence-corrected chi connectivity index (χ2v) is 7.73. The molecule has 1 unspecified atom stereocenters. The van der Waals surface area contributed by atoms with Crippen LogP contribution in [0.15, 0.2) is 30.9 Å². The van der Waals surface area contributed by atoms with E-state index in [1.165, 1.54) is 25.6 Å². The lowest BCUT2D eigenvalue weighted by Gasteiger charge is -2.32. The van der Waals surface area contributed by atoms with Gasteiger partial charge >= 0.3 is 6.03 Å². The quantitative estimate of drug-likeness (QED) is 0.839. The second-order valence-electron chi connectivity index (χ2n) is 7.30. The summed E-state index contributed by atoms with van der Waals surface area (Å²) in [6, 6.07) is 5.37. The minimum Gasteiger partial charge on any atom is -0.491 e. The molecule has 2 aromatic rings. The number of aromatic nitrogens is 3. The third-order valence-electron chi connectivity index (χ3n) is 5.38. The lowest BCUT2D eigenvalue weighted by atomic mass is 9.86. The molecule has 8 heteroatoms. The highest BCUT2D eigenvalue weighted by molar-refractivity contribution is 6.31. The fourth-order valence-corrected chi connectivity index (χ4v) is 3.72. The van der Waals surface area contributed by atoms with Crippen molar-refractivity contribution in [3.63, 3.8) is 0 Å². The molecular weight excluding hydrogens is 366 g/mol. The van der Waals surface area contributed by atoms with Crippen molar-refractivity contribution in [3.8, 4) is 5.75 Å². The zero-order valence-electron chi connectivity index (χ0n) is 15.2. The van der Waals surface area contributed by atoms with E-state index in [9.17, 15) is 4.79 Å². The van der Waals surface area contributed by atoms with Crippen molar-refractivity contribution >= 4 is 23.3 Å². The third-order valence-corrected chi connectivity index (χ3v) is 5.61. The Hall–Kier alpha value is -2.28. The molecule has 4 rings (SSSR count). The Balaban J connectivity index is 1.41. The van der Waals surface area contributed by atoms with E-state index in [0.29, 0.717) is 35.5 Å². The van der Waals surface area contributed by atoms with E-state index in [4.69, 9.17) is 16.3 Å². The number of anilines is 1. The number of nitrogens with zero attached hydrogens (tertiary/aromatic N) is 4. The molecule has 1 aliphatic heterocycles. The minimum absolute atomic E-state index is 0.143. The molecule has 27 heavy (non-hydrogen) atoms. The first-order chi connectivity index (χ1) is 13.2. The summed E-state index contributed by atoms with van der Waals surface area (Å²) in [5.41, 5.74) is 0.620. The molecule has 2 aliphatic rings. The van der Waals surface area contributed by atoms with E-state index in [0.717, 1.165) is 19.4 Å². The van der Waals surface area contributed by atoms with Crippen LogP contribution in [0.2, 0.25) is 5.02 Å². The van der Waals surface area contributed by atoms with Gasteiger partial charge in [-0.2, -0.15) is 5.10 Å². The standard InChI is InChI=1S/C19H24ClN5O2/c20-15-6-7-18(27-11-14-3-1-4-14)17(9-15)23-19(26)24-8-2-5-16(10-24)25-13-21-12-22-25/h6-7,9,12-14,16H,1-5,8,10-11H2,(H,23,26). The van der Waals surface area contributed by atoms with Gasteiger partial charge < -0.3 is 15.0 Å². The molecule has 2 fully saturated rings. The van der Waals surface area contributed by atoms with E-state index in [2.05, 4.69) is 15.4 Å². The number of hydrogen-bond donors (Lipinski definition) is 1. The normalized spacial score (nSPS) is 20.2. The Morgan fingerprint density at radius 2 is 2.19 bits per heavy atom. The Morgan fingerprint density at radius 1 is 1.30 bits per heavy atom. The SMILES string of the molecule is O=C(Nc1cc(Cl)ccc1OCC1CCC1)N1CCCC(n2cncn2)C1. The van der Waals surface area contributed by atoms with Crippen LogP contribution in [-0.4, -0.2) is 45.4 Å². The number of benzene rings is 1. The number of amides is 2. The number of ether oxygens (including phenoxy) is 1. The number of carbonyl (C=O) groups excluding carboxylic acids is 1. The number of halogens is 1. The van der Waals surface area contributed by atoms with Crippen LogP contribution in [0, 0.1) is 5.92 Å². The van der Waals surface area contributed by atoms with Gasteiger partial charge in [0.15, 0.2) is 0 Å². The molecule has 1 aromatic carbocycles. The molecule has 2 heterocycles. The average molecular weight is 390 g/mol. The molecule has 1 aromatic heterocycles. The molecule has 0 bridgehead atoms. The largest absolute Gasteiger partial charge is 0.491 e. The van der Waals surface area contributed by atoms with Crippen LogP contribution >= 0.6 is 11.6 Å². The van der Waals surface area contributed by atoms with Crippen molar-refractivity contribution in [2.75, 3.05) is 25.0 Å². The van der Waals surface area contributed by atoms with Gasteiger partial charge in [-0.3, -0.25) is 0 Å². The maximum atomic E-state index is 12.8. The molecule has 1 N–H and O–H groups in total. The number of likely N-dealkylation sites (tertiary alicyclic amines) is 1. The fourth-order valence-electron chi connectivity index (χ4n) is 3.55. The van der Waals surface area contributed by atoms with Gasteiger partial charge in [-0.1, -0.05) is 18.0 Å². The number of nitrogens with one attached hydrogen (secondary N) is 1. The van der Waals surface area contributed by atoms with Crippen molar-refractivity contribution in [1.29, 1.82) is 0 Å². The summed E-state index contributed by atoms with van der Waals surface area (Å²) in [6.07, 6.45) is 8.85. The average Bonchev–Trinajstić information content (AvgIpc) is 3.17. The number of urea groups is 1. The van der Waals surface area contributed by atoms with Crippen LogP contribution in [0.1, 0.15) is 38.1 Å². The van der Waals surface area contributed by atoms with Gasteiger partial charge in [-0.15, -0.1) is 0 Å². The smallest absolute Gasteiger partial charge is 0.322 e. The molecule has 144 valence electrons. The molecular formula is C19H24ClN5O2. The van der Waals surface area contributed by atoms with Crippen LogP contribution in [-0.2, 0) is 0 Å². The summed E-state index contributed by atoms with van der Waals surface area (Å²) < 4.78 is 7.78. The first kappa shape index (κ1) is 18.1. The van der Waals surface area contributed by atoms with Crippen LogP contribution in [0.3, 0.4) is 0 Å². The van der Waals surface area contributed by atoms with Crippen molar-refractivity contribution in [2.45, 2.75) is 38.1 Å². The van der Waals surface area contributed by atoms with E-state index < -0.39 is 0 Å². The highest BCUT2D eigenvalue weighted by Crippen LogP contribution is 2.32. The lowest BCUT2D eigenvalue weighted by molar-refractivity contribution is 0.173. The molecule has 2 amide bonds. The molecule has 1 saturated heterocycles. The maximum absolute atomic E-state index is 12.8. The molecule has 0 spiro atoms. The van der Waals surface area contributed by atoms with Gasteiger partial charge in [0, 0.05) is 18.1 Å². The molecule has 7 nitrogen and oxygen atoms in total. The highest BCUT2D eigenvalue weighted by Gasteiger charge is 2.26. The van der Waals surface area contributed by atoms with E-state index >= 15 is 0 Å². The van der Waals surface area contributed by atoms with Crippen LogP contribution < -0.4 is 10.1 Å². The Labute approximate surface area is 163 Å². The van der Waals surface area contributed by atoms with Crippen LogP contribution in [0.5, 0.6) is 5.75 Å². The Morgan fingerprint density at radius 3 is 2.93 bits per heavy atom. The molecule has 1 aliphatic carbocycles. The maximum Gasteiger partial charge on any atom is 0.322 e. The topological polar surface area (TPSA) is 72.3 Å². The van der Waals surface area contributed by atoms with Crippen molar-refractivity contribution in [3.05, 3.63) is 35.9 Å². The van der Waals surface area contributed by atoms with Crippen LogP contribution in [0.4, 0.5) is 10.5 Å². The Kier molecular flexibility index (Phi) is 5.48. The van der Waals surface area contributed by atoms with E-state index in [1.54, 1.807) is 18.5 Å². The first-order valence-corrected chi connectivity index (χ1v) is 9.89. The highest BCUT2D eigenvalue weighted by atomic mass is 35.5. The summed E-state index contributed by atoms with van der Waals surface area (Å²) in [5.74, 6) is 1.29. The van der Waals surface area contributed by atoms with Crippen LogP contribution in [0.25, 0.3) is 0 Å². The van der Waals surface area contributed by atoms with Gasteiger partial charge in [-0.05, 0) is 49.8 Å². The van der Waals surface area contributed by atoms with Gasteiger partial charge in [-0.25, -0.2) is 14.5 Å². The predicted molar refractivity (Wildman–Crippen MR) is 103 cm³/mol. The number of rotatable bonds is 5. The molecule has 1 saturated carbocycles. The van der Waals surface area contributed by atoms with Crippen molar-refractivity contribution < 1.29 is 9.53 Å². The van der Waals surface area contributed by atoms with E-state index in [-0.39, 0.29) is 12.1 Å². The molecule has 0 radical (unpaired) electrons. The van der Waals surface area contributed by atoms with Gasteiger partial charge in [0.25, 0.3) is 0 Å². The number of carbonyl (C=O) groups is 1. The van der Waals surface area contributed by atoms with Crippen molar-refractivity contribution in [2.24, 2.45) is 5.92 Å². The summed E-state index contributed by atoms with van der Waals surface area (Å²) in [4.78, 5) is 18.6. The lowest BCUT2D eigenvalue weighted by Crippen LogP contribution is -2.43. The van der Waals surface area contributed by atoms with Gasteiger partial charge in [0.05, 0.1) is 18.3 Å². The Bertz CT molecular complexity index is 778. The summed E-state index contributed by atoms with van der Waals surface area (Å²) in [6.45, 7) is 2.01. The second kappa shape index (κ2) is 8.17. The zero-order chi connectivity index (χ0) is 18.6. The summed E-state index contributed by atoms with van der Waals surface area (Å²) >= 11 is 6.14. The third kappa shape index (κ3) is 4.35. The predicted octanol–water partition coefficient (Wildman–Crippen LogP) is 3.98. The number of piperidine rings is 1. The minimum atomic E-state index is -0.143. The first-order valence-electron chi connectivity index (χ1n) is 9.51. The van der Waals surface area contributed by atoms with Gasteiger partial charge in [0.2, 0.25) is 0 Å².